The second-order valence-electron chi connectivity index (χ2n) is 5.46. The molecule has 0 radical (unpaired) electrons. The number of benzene rings is 1. The first-order chi connectivity index (χ1) is 11.5. The highest BCUT2D eigenvalue weighted by Gasteiger charge is 2.10. The van der Waals surface area contributed by atoms with Crippen LogP contribution in [0.25, 0.3) is 0 Å². The van der Waals surface area contributed by atoms with E-state index in [1.165, 1.54) is 0 Å². The molecular formula is C18H30Br2N2O2. The predicted molar refractivity (Wildman–Crippen MR) is 108 cm³/mol. The highest BCUT2D eigenvalue weighted by molar-refractivity contribution is 9.11. The lowest BCUT2D eigenvalue weighted by atomic mass is 10.3. The first kappa shape index (κ1) is 21.7. The van der Waals surface area contributed by atoms with Crippen molar-refractivity contribution in [1.82, 2.24) is 9.80 Å². The fourth-order valence-corrected chi connectivity index (χ4v) is 3.25. The molecule has 1 aromatic rings. The van der Waals surface area contributed by atoms with Gasteiger partial charge < -0.3 is 19.3 Å². The van der Waals surface area contributed by atoms with Gasteiger partial charge in [0.05, 0.1) is 8.95 Å². The molecule has 0 aliphatic rings. The number of ether oxygens (including phenoxy) is 2. The molecular weight excluding hydrogens is 436 g/mol. The van der Waals surface area contributed by atoms with Gasteiger partial charge in [0.25, 0.3) is 0 Å². The van der Waals surface area contributed by atoms with E-state index < -0.39 is 0 Å². The summed E-state index contributed by atoms with van der Waals surface area (Å²) in [5.41, 5.74) is 0. The van der Waals surface area contributed by atoms with E-state index in [0.717, 1.165) is 59.7 Å². The van der Waals surface area contributed by atoms with Crippen molar-refractivity contribution in [3.8, 4) is 11.5 Å². The van der Waals surface area contributed by atoms with E-state index in [1.807, 2.05) is 12.1 Å². The first-order valence-electron chi connectivity index (χ1n) is 8.74. The summed E-state index contributed by atoms with van der Waals surface area (Å²) in [6.45, 7) is 16.1. The van der Waals surface area contributed by atoms with Gasteiger partial charge in [-0.2, -0.15) is 0 Å². The number of likely N-dealkylation sites (N-methyl/N-ethyl adjacent to an activating group) is 2. The van der Waals surface area contributed by atoms with Crippen LogP contribution in [0.4, 0.5) is 0 Å². The summed E-state index contributed by atoms with van der Waals surface area (Å²) in [5, 5.41) is 0. The van der Waals surface area contributed by atoms with Gasteiger partial charge in [0.15, 0.2) is 0 Å². The lowest BCUT2D eigenvalue weighted by Gasteiger charge is -2.20. The Morgan fingerprint density at radius 1 is 0.708 bits per heavy atom. The van der Waals surface area contributed by atoms with Gasteiger partial charge in [-0.1, -0.05) is 27.7 Å². The van der Waals surface area contributed by atoms with Crippen LogP contribution >= 0.6 is 31.9 Å². The normalized spacial score (nSPS) is 11.3. The molecule has 0 saturated heterocycles. The van der Waals surface area contributed by atoms with Gasteiger partial charge >= 0.3 is 0 Å². The van der Waals surface area contributed by atoms with Crippen LogP contribution in [0.3, 0.4) is 0 Å². The third-order valence-electron chi connectivity index (χ3n) is 4.11. The Hall–Kier alpha value is -0.300. The minimum atomic E-state index is 0.675. The summed E-state index contributed by atoms with van der Waals surface area (Å²) in [6, 6.07) is 3.94. The average Bonchev–Trinajstić information content (AvgIpc) is 2.59. The molecule has 6 heteroatoms. The molecule has 0 saturated carbocycles. The van der Waals surface area contributed by atoms with Gasteiger partial charge in [-0.15, -0.1) is 0 Å². The number of nitrogens with zero attached hydrogens (tertiary/aromatic N) is 2. The van der Waals surface area contributed by atoms with Crippen molar-refractivity contribution in [3.63, 3.8) is 0 Å². The molecule has 0 aliphatic heterocycles. The average molecular weight is 466 g/mol. The molecule has 138 valence electrons. The fraction of sp³-hybridized carbons (Fsp3) is 0.667. The number of halogens is 2. The first-order valence-corrected chi connectivity index (χ1v) is 10.3. The van der Waals surface area contributed by atoms with Crippen LogP contribution in [-0.4, -0.2) is 62.3 Å². The Morgan fingerprint density at radius 3 is 1.33 bits per heavy atom. The predicted octanol–water partition coefficient (Wildman–Crippen LogP) is 4.65. The molecule has 0 unspecified atom stereocenters. The van der Waals surface area contributed by atoms with Crippen molar-refractivity contribution < 1.29 is 9.47 Å². The molecule has 0 fully saturated rings. The zero-order valence-electron chi connectivity index (χ0n) is 15.3. The second-order valence-corrected chi connectivity index (χ2v) is 7.17. The third kappa shape index (κ3) is 7.30. The quantitative estimate of drug-likeness (QED) is 0.448. The van der Waals surface area contributed by atoms with Crippen molar-refractivity contribution in [2.45, 2.75) is 27.7 Å². The Labute approximate surface area is 163 Å². The zero-order valence-corrected chi connectivity index (χ0v) is 18.5. The molecule has 0 N–H and O–H groups in total. The molecule has 4 nitrogen and oxygen atoms in total. The van der Waals surface area contributed by atoms with Gasteiger partial charge in [0, 0.05) is 13.1 Å². The summed E-state index contributed by atoms with van der Waals surface area (Å²) in [7, 11) is 0. The lowest BCUT2D eigenvalue weighted by Crippen LogP contribution is -2.28. The van der Waals surface area contributed by atoms with Crippen LogP contribution in [0.5, 0.6) is 11.5 Å². The standard InChI is InChI=1S/C18H30Br2N2O2/c1-5-21(6-2)9-11-23-17-13-16(20)18(14-15(17)19)24-12-10-22(7-3)8-4/h13-14H,5-12H2,1-4H3. The van der Waals surface area contributed by atoms with E-state index in [2.05, 4.69) is 69.4 Å². The molecule has 24 heavy (non-hydrogen) atoms. The molecule has 0 atom stereocenters. The maximum absolute atomic E-state index is 5.90. The van der Waals surface area contributed by atoms with Crippen molar-refractivity contribution in [1.29, 1.82) is 0 Å². The van der Waals surface area contributed by atoms with E-state index >= 15 is 0 Å². The zero-order chi connectivity index (χ0) is 17.9. The Balaban J connectivity index is 2.55. The van der Waals surface area contributed by atoms with Gasteiger partial charge in [-0.05, 0) is 70.2 Å². The summed E-state index contributed by atoms with van der Waals surface area (Å²) >= 11 is 7.16. The maximum atomic E-state index is 5.90. The summed E-state index contributed by atoms with van der Waals surface area (Å²) < 4.78 is 13.6. The number of hydrogen-bond acceptors (Lipinski definition) is 4. The maximum Gasteiger partial charge on any atom is 0.134 e. The fourth-order valence-electron chi connectivity index (χ4n) is 2.38. The summed E-state index contributed by atoms with van der Waals surface area (Å²) in [5.74, 6) is 1.68. The molecule has 1 aromatic carbocycles. The number of rotatable bonds is 12. The van der Waals surface area contributed by atoms with E-state index in [0.29, 0.717) is 13.2 Å². The molecule has 0 bridgehead atoms. The van der Waals surface area contributed by atoms with Crippen molar-refractivity contribution >= 4 is 31.9 Å². The van der Waals surface area contributed by atoms with Crippen molar-refractivity contribution in [2.75, 3.05) is 52.5 Å². The van der Waals surface area contributed by atoms with Gasteiger partial charge in [0.2, 0.25) is 0 Å². The van der Waals surface area contributed by atoms with Crippen LogP contribution in [0, 0.1) is 0 Å². The second kappa shape index (κ2) is 12.1. The van der Waals surface area contributed by atoms with Crippen LogP contribution in [-0.2, 0) is 0 Å². The van der Waals surface area contributed by atoms with Gasteiger partial charge in [-0.25, -0.2) is 0 Å². The van der Waals surface area contributed by atoms with Crippen LogP contribution in [0.2, 0.25) is 0 Å². The Kier molecular flexibility index (Phi) is 11.0. The molecule has 0 aromatic heterocycles. The highest BCUT2D eigenvalue weighted by atomic mass is 79.9. The summed E-state index contributed by atoms with van der Waals surface area (Å²) in [6.07, 6.45) is 0. The molecule has 1 rings (SSSR count). The lowest BCUT2D eigenvalue weighted by molar-refractivity contribution is 0.218. The van der Waals surface area contributed by atoms with Crippen molar-refractivity contribution in [3.05, 3.63) is 21.1 Å². The Morgan fingerprint density at radius 2 is 1.04 bits per heavy atom. The van der Waals surface area contributed by atoms with Crippen molar-refractivity contribution in [2.24, 2.45) is 0 Å². The topological polar surface area (TPSA) is 24.9 Å². The van der Waals surface area contributed by atoms with Crippen LogP contribution in [0.15, 0.2) is 21.1 Å². The SMILES string of the molecule is CCN(CC)CCOc1cc(Br)c(OCCN(CC)CC)cc1Br. The highest BCUT2D eigenvalue weighted by Crippen LogP contribution is 2.36. The monoisotopic (exact) mass is 464 g/mol. The molecule has 0 spiro atoms. The minimum absolute atomic E-state index is 0.675. The van der Waals surface area contributed by atoms with E-state index in [-0.39, 0.29) is 0 Å². The largest absolute Gasteiger partial charge is 0.491 e. The Bertz CT molecular complexity index is 435. The van der Waals surface area contributed by atoms with Gasteiger partial charge in [0.1, 0.15) is 24.7 Å². The summed E-state index contributed by atoms with van der Waals surface area (Å²) in [4.78, 5) is 4.68. The smallest absolute Gasteiger partial charge is 0.134 e. The third-order valence-corrected chi connectivity index (χ3v) is 5.34. The van der Waals surface area contributed by atoms with Crippen LogP contribution < -0.4 is 9.47 Å². The van der Waals surface area contributed by atoms with Gasteiger partial charge in [-0.3, -0.25) is 0 Å². The molecule has 0 amide bonds. The minimum Gasteiger partial charge on any atom is -0.491 e. The molecule has 0 aliphatic carbocycles. The molecule has 0 heterocycles. The van der Waals surface area contributed by atoms with Crippen LogP contribution in [0.1, 0.15) is 27.7 Å². The number of hydrogen-bond donors (Lipinski definition) is 0. The van der Waals surface area contributed by atoms with E-state index in [4.69, 9.17) is 9.47 Å². The van der Waals surface area contributed by atoms with E-state index in [1.54, 1.807) is 0 Å². The van der Waals surface area contributed by atoms with E-state index in [9.17, 15) is 0 Å².